The highest BCUT2D eigenvalue weighted by Crippen LogP contribution is 2.30. The molecule has 2 rings (SSSR count). The lowest BCUT2D eigenvalue weighted by Gasteiger charge is -2.36. The van der Waals surface area contributed by atoms with Gasteiger partial charge in [-0.05, 0) is 45.8 Å². The molecule has 1 fully saturated rings. The van der Waals surface area contributed by atoms with Crippen molar-refractivity contribution in [2.45, 2.75) is 39.2 Å². The van der Waals surface area contributed by atoms with Gasteiger partial charge in [0.15, 0.2) is 0 Å². The van der Waals surface area contributed by atoms with Gasteiger partial charge in [0.05, 0.1) is 13.2 Å². The number of carbonyl (C=O) groups excluding carboxylic acids is 1. The maximum Gasteiger partial charge on any atom is 0.317 e. The molecule has 1 aliphatic rings. The van der Waals surface area contributed by atoms with Crippen molar-refractivity contribution in [3.8, 4) is 5.75 Å². The van der Waals surface area contributed by atoms with E-state index in [4.69, 9.17) is 4.74 Å². The lowest BCUT2D eigenvalue weighted by atomic mass is 10.0. The lowest BCUT2D eigenvalue weighted by molar-refractivity contribution is 0.153. The van der Waals surface area contributed by atoms with Crippen molar-refractivity contribution in [1.82, 2.24) is 15.1 Å². The molecule has 1 unspecified atom stereocenters. The van der Waals surface area contributed by atoms with Crippen LogP contribution in [-0.2, 0) is 0 Å². The van der Waals surface area contributed by atoms with Crippen molar-refractivity contribution in [3.63, 3.8) is 0 Å². The summed E-state index contributed by atoms with van der Waals surface area (Å²) in [6.07, 6.45) is 3.73. The molecule has 2 amide bonds. The average molecular weight is 333 g/mol. The van der Waals surface area contributed by atoms with Crippen LogP contribution in [0.5, 0.6) is 5.75 Å². The maximum atomic E-state index is 12.3. The first-order valence-electron chi connectivity index (χ1n) is 9.11. The average Bonchev–Trinajstić information content (AvgIpc) is 2.64. The van der Waals surface area contributed by atoms with E-state index in [1.165, 1.54) is 19.3 Å². The van der Waals surface area contributed by atoms with Crippen molar-refractivity contribution in [3.05, 3.63) is 29.8 Å². The van der Waals surface area contributed by atoms with Gasteiger partial charge in [-0.2, -0.15) is 0 Å². The molecule has 5 heteroatoms. The van der Waals surface area contributed by atoms with E-state index >= 15 is 0 Å². The number of rotatable bonds is 7. The Bertz CT molecular complexity index is 511. The number of benzene rings is 1. The molecule has 0 radical (unpaired) electrons. The number of carbonyl (C=O) groups is 1. The molecule has 1 saturated heterocycles. The molecule has 0 aliphatic carbocycles. The zero-order valence-corrected chi connectivity index (χ0v) is 15.3. The van der Waals surface area contributed by atoms with Crippen molar-refractivity contribution in [1.29, 1.82) is 0 Å². The number of likely N-dealkylation sites (tertiary alicyclic amines) is 1. The van der Waals surface area contributed by atoms with Crippen molar-refractivity contribution in [2.24, 2.45) is 0 Å². The normalized spacial score (nSPS) is 16.5. The highest BCUT2D eigenvalue weighted by Gasteiger charge is 2.25. The van der Waals surface area contributed by atoms with Gasteiger partial charge >= 0.3 is 6.03 Å². The van der Waals surface area contributed by atoms with Crippen molar-refractivity contribution in [2.75, 3.05) is 39.8 Å². The van der Waals surface area contributed by atoms with E-state index in [-0.39, 0.29) is 12.1 Å². The Kier molecular flexibility index (Phi) is 7.37. The smallest absolute Gasteiger partial charge is 0.317 e. The van der Waals surface area contributed by atoms with Crippen LogP contribution in [0.25, 0.3) is 0 Å². The molecule has 1 aromatic carbocycles. The van der Waals surface area contributed by atoms with Gasteiger partial charge in [-0.25, -0.2) is 4.79 Å². The summed E-state index contributed by atoms with van der Waals surface area (Å²) in [4.78, 5) is 16.6. The number of ether oxygens (including phenoxy) is 1. The summed E-state index contributed by atoms with van der Waals surface area (Å²) in [5.41, 5.74) is 1.15. The topological polar surface area (TPSA) is 44.8 Å². The highest BCUT2D eigenvalue weighted by molar-refractivity contribution is 5.74. The van der Waals surface area contributed by atoms with E-state index in [0.717, 1.165) is 37.5 Å². The van der Waals surface area contributed by atoms with E-state index in [1.807, 2.05) is 36.9 Å². The van der Waals surface area contributed by atoms with Gasteiger partial charge in [0.2, 0.25) is 0 Å². The number of nitrogens with one attached hydrogen (secondary N) is 1. The Morgan fingerprint density at radius 3 is 2.50 bits per heavy atom. The summed E-state index contributed by atoms with van der Waals surface area (Å²) in [6.45, 7) is 8.22. The molecule has 0 saturated carbocycles. The van der Waals surface area contributed by atoms with E-state index in [0.29, 0.717) is 6.54 Å². The summed E-state index contributed by atoms with van der Waals surface area (Å²) in [7, 11) is 1.71. The first kappa shape index (κ1) is 18.6. The Hall–Kier alpha value is -1.75. The fourth-order valence-electron chi connectivity index (χ4n) is 3.41. The van der Waals surface area contributed by atoms with Gasteiger partial charge in [-0.3, -0.25) is 4.90 Å². The fraction of sp³-hybridized carbons (Fsp3) is 0.632. The lowest BCUT2D eigenvalue weighted by Crippen LogP contribution is -2.45. The molecule has 1 heterocycles. The van der Waals surface area contributed by atoms with Crippen LogP contribution in [0, 0.1) is 0 Å². The minimum absolute atomic E-state index is 0.0110. The third kappa shape index (κ3) is 4.63. The molecule has 1 atom stereocenters. The Labute approximate surface area is 146 Å². The predicted molar refractivity (Wildman–Crippen MR) is 97.5 cm³/mol. The number of hydrogen-bond donors (Lipinski definition) is 1. The summed E-state index contributed by atoms with van der Waals surface area (Å²) in [5.74, 6) is 0.894. The quantitative estimate of drug-likeness (QED) is 0.833. The second-order valence-electron chi connectivity index (χ2n) is 6.21. The minimum atomic E-state index is 0.0110. The maximum absolute atomic E-state index is 12.3. The molecule has 0 bridgehead atoms. The van der Waals surface area contributed by atoms with Crippen LogP contribution in [-0.4, -0.2) is 55.7 Å². The van der Waals surface area contributed by atoms with Gasteiger partial charge < -0.3 is 15.0 Å². The largest absolute Gasteiger partial charge is 0.496 e. The molecule has 1 aliphatic heterocycles. The van der Waals surface area contributed by atoms with E-state index < -0.39 is 0 Å². The van der Waals surface area contributed by atoms with Gasteiger partial charge in [-0.1, -0.05) is 24.6 Å². The number of hydrogen-bond acceptors (Lipinski definition) is 3. The van der Waals surface area contributed by atoms with Crippen molar-refractivity contribution >= 4 is 6.03 Å². The zero-order chi connectivity index (χ0) is 17.4. The predicted octanol–water partition coefficient (Wildman–Crippen LogP) is 3.27. The van der Waals surface area contributed by atoms with Gasteiger partial charge in [-0.15, -0.1) is 0 Å². The molecule has 1 aromatic rings. The van der Waals surface area contributed by atoms with E-state index in [9.17, 15) is 4.79 Å². The number of methoxy groups -OCH3 is 1. The second kappa shape index (κ2) is 9.52. The molecule has 0 aromatic heterocycles. The standard InChI is InChI=1S/C19H31N3O2/c1-4-21(5-2)19(23)20-15-17(22-13-9-6-10-14-22)16-11-7-8-12-18(16)24-3/h7-8,11-12,17H,4-6,9-10,13-15H2,1-3H3,(H,20,23). The molecule has 24 heavy (non-hydrogen) atoms. The Morgan fingerprint density at radius 1 is 1.21 bits per heavy atom. The summed E-state index contributed by atoms with van der Waals surface area (Å²) in [6, 6.07) is 8.31. The van der Waals surface area contributed by atoms with Crippen LogP contribution < -0.4 is 10.1 Å². The minimum Gasteiger partial charge on any atom is -0.496 e. The van der Waals surface area contributed by atoms with Crippen LogP contribution >= 0.6 is 0 Å². The van der Waals surface area contributed by atoms with Crippen LogP contribution in [0.3, 0.4) is 0 Å². The molecule has 1 N–H and O–H groups in total. The van der Waals surface area contributed by atoms with Gasteiger partial charge in [0.1, 0.15) is 5.75 Å². The Balaban J connectivity index is 2.15. The van der Waals surface area contributed by atoms with Crippen molar-refractivity contribution < 1.29 is 9.53 Å². The molecular weight excluding hydrogens is 302 g/mol. The third-order valence-corrected chi connectivity index (χ3v) is 4.83. The fourth-order valence-corrected chi connectivity index (χ4v) is 3.41. The van der Waals surface area contributed by atoms with Gasteiger partial charge in [0, 0.05) is 25.2 Å². The van der Waals surface area contributed by atoms with Crippen LogP contribution in [0.4, 0.5) is 4.79 Å². The first-order valence-corrected chi connectivity index (χ1v) is 9.11. The molecule has 5 nitrogen and oxygen atoms in total. The number of urea groups is 1. The number of para-hydroxylation sites is 1. The summed E-state index contributed by atoms with van der Waals surface area (Å²) >= 11 is 0. The molecule has 134 valence electrons. The zero-order valence-electron chi connectivity index (χ0n) is 15.3. The highest BCUT2D eigenvalue weighted by atomic mass is 16.5. The number of piperidine rings is 1. The van der Waals surface area contributed by atoms with Crippen LogP contribution in [0.2, 0.25) is 0 Å². The molecular formula is C19H31N3O2. The van der Waals surface area contributed by atoms with E-state index in [2.05, 4.69) is 16.3 Å². The number of amides is 2. The van der Waals surface area contributed by atoms with Crippen LogP contribution in [0.1, 0.15) is 44.7 Å². The van der Waals surface area contributed by atoms with Crippen LogP contribution in [0.15, 0.2) is 24.3 Å². The second-order valence-corrected chi connectivity index (χ2v) is 6.21. The third-order valence-electron chi connectivity index (χ3n) is 4.83. The summed E-state index contributed by atoms with van der Waals surface area (Å²) < 4.78 is 5.56. The van der Waals surface area contributed by atoms with Gasteiger partial charge in [0.25, 0.3) is 0 Å². The monoisotopic (exact) mass is 333 g/mol. The van der Waals surface area contributed by atoms with E-state index in [1.54, 1.807) is 7.11 Å². The molecule has 0 spiro atoms. The summed E-state index contributed by atoms with van der Waals surface area (Å²) in [5, 5.41) is 3.12. The first-order chi connectivity index (χ1) is 11.7. The Morgan fingerprint density at radius 2 is 1.88 bits per heavy atom. The SMILES string of the molecule is CCN(CC)C(=O)NCC(c1ccccc1OC)N1CCCCC1. The number of nitrogens with zero attached hydrogens (tertiary/aromatic N) is 2.